The number of rotatable bonds is 4. The molecule has 0 saturated carbocycles. The van der Waals surface area contributed by atoms with Crippen LogP contribution >= 0.6 is 11.8 Å². The van der Waals surface area contributed by atoms with E-state index in [4.69, 9.17) is 4.74 Å². The Balaban J connectivity index is 1.62. The molecule has 0 spiro atoms. The zero-order valence-corrected chi connectivity index (χ0v) is 14.1. The van der Waals surface area contributed by atoms with E-state index in [0.29, 0.717) is 16.7 Å². The predicted molar refractivity (Wildman–Crippen MR) is 94.4 cm³/mol. The van der Waals surface area contributed by atoms with Gasteiger partial charge in [0.1, 0.15) is 5.75 Å². The highest BCUT2D eigenvalue weighted by Gasteiger charge is 2.23. The number of benzene rings is 1. The fourth-order valence-electron chi connectivity index (χ4n) is 2.62. The lowest BCUT2D eigenvalue weighted by molar-refractivity contribution is -0.115. The van der Waals surface area contributed by atoms with E-state index in [-0.39, 0.29) is 5.91 Å². The van der Waals surface area contributed by atoms with Crippen LogP contribution in [0.2, 0.25) is 0 Å². The minimum Gasteiger partial charge on any atom is -0.497 e. The highest BCUT2D eigenvalue weighted by Crippen LogP contribution is 2.26. The van der Waals surface area contributed by atoms with Crippen molar-refractivity contribution >= 4 is 28.9 Å². The van der Waals surface area contributed by atoms with E-state index in [0.717, 1.165) is 24.4 Å². The van der Waals surface area contributed by atoms with Crippen molar-refractivity contribution in [1.29, 1.82) is 0 Å². The van der Waals surface area contributed by atoms with Gasteiger partial charge in [0, 0.05) is 0 Å². The van der Waals surface area contributed by atoms with Crippen LogP contribution in [0.3, 0.4) is 0 Å². The normalized spacial score (nSPS) is 22.6. The van der Waals surface area contributed by atoms with Gasteiger partial charge < -0.3 is 10.1 Å². The number of amides is 1. The number of carbonyl (C=O) groups excluding carboxylic acids is 1. The summed E-state index contributed by atoms with van der Waals surface area (Å²) in [5, 5.41) is 3.54. The Morgan fingerprint density at radius 3 is 2.70 bits per heavy atom. The molecule has 3 rings (SSSR count). The summed E-state index contributed by atoms with van der Waals surface area (Å²) < 4.78 is 5.14. The highest BCUT2D eigenvalue weighted by atomic mass is 32.2. The standard InChI is InChI=1S/C17H21N3O2S/c1-22-14-7-5-13(6-8-14)11-15-16(21)19-17(23-15)18-12-20-9-3-2-4-10-20/h5-8,11H,2-4,9-10,12H2,1H3,(H,18,19,21)/b15-11-. The second kappa shape index (κ2) is 7.66. The summed E-state index contributed by atoms with van der Waals surface area (Å²) in [7, 11) is 1.64. The number of methoxy groups -OCH3 is 1. The van der Waals surface area contributed by atoms with Crippen LogP contribution in [0.5, 0.6) is 5.75 Å². The quantitative estimate of drug-likeness (QED) is 0.862. The van der Waals surface area contributed by atoms with Gasteiger partial charge in [0.15, 0.2) is 5.17 Å². The minimum absolute atomic E-state index is 0.0804. The monoisotopic (exact) mass is 331 g/mol. The number of nitrogens with one attached hydrogen (secondary N) is 1. The van der Waals surface area contributed by atoms with Gasteiger partial charge in [0.2, 0.25) is 0 Å². The van der Waals surface area contributed by atoms with Gasteiger partial charge in [-0.15, -0.1) is 0 Å². The molecule has 6 heteroatoms. The van der Waals surface area contributed by atoms with Crippen LogP contribution in [0.4, 0.5) is 0 Å². The van der Waals surface area contributed by atoms with Gasteiger partial charge in [-0.2, -0.15) is 0 Å². The van der Waals surface area contributed by atoms with E-state index in [1.165, 1.54) is 31.0 Å². The lowest BCUT2D eigenvalue weighted by atomic mass is 10.1. The van der Waals surface area contributed by atoms with Crippen molar-refractivity contribution in [3.63, 3.8) is 0 Å². The summed E-state index contributed by atoms with van der Waals surface area (Å²) in [5.41, 5.74) is 0.973. The largest absolute Gasteiger partial charge is 0.497 e. The molecule has 0 unspecified atom stereocenters. The van der Waals surface area contributed by atoms with Crippen molar-refractivity contribution in [2.45, 2.75) is 19.3 Å². The third-order valence-corrected chi connectivity index (χ3v) is 4.88. The van der Waals surface area contributed by atoms with Crippen LogP contribution in [-0.4, -0.2) is 42.8 Å². The van der Waals surface area contributed by atoms with E-state index in [2.05, 4.69) is 15.2 Å². The predicted octanol–water partition coefficient (Wildman–Crippen LogP) is 2.70. The SMILES string of the molecule is COc1ccc(/C=C2\S/C(=N\CN3CCCCC3)NC2=O)cc1. The first-order chi connectivity index (χ1) is 11.2. The molecular formula is C17H21N3O2S. The molecule has 2 heterocycles. The zero-order chi connectivity index (χ0) is 16.1. The summed E-state index contributed by atoms with van der Waals surface area (Å²) >= 11 is 1.40. The number of hydrogen-bond acceptors (Lipinski definition) is 5. The Morgan fingerprint density at radius 2 is 2.00 bits per heavy atom. The van der Waals surface area contributed by atoms with Gasteiger partial charge in [-0.05, 0) is 61.5 Å². The molecule has 1 aromatic carbocycles. The number of aliphatic imine (C=N–C) groups is 1. The number of likely N-dealkylation sites (tertiary alicyclic amines) is 1. The van der Waals surface area contributed by atoms with E-state index in [1.54, 1.807) is 7.11 Å². The topological polar surface area (TPSA) is 53.9 Å². The van der Waals surface area contributed by atoms with Crippen molar-refractivity contribution in [1.82, 2.24) is 10.2 Å². The van der Waals surface area contributed by atoms with Gasteiger partial charge in [-0.3, -0.25) is 9.69 Å². The molecule has 0 radical (unpaired) electrons. The van der Waals surface area contributed by atoms with E-state index < -0.39 is 0 Å². The van der Waals surface area contributed by atoms with Crippen LogP contribution in [0, 0.1) is 0 Å². The second-order valence-electron chi connectivity index (χ2n) is 5.62. The number of ether oxygens (including phenoxy) is 1. The van der Waals surface area contributed by atoms with Crippen LogP contribution in [-0.2, 0) is 4.79 Å². The third kappa shape index (κ3) is 4.36. The molecule has 122 valence electrons. The van der Waals surface area contributed by atoms with Gasteiger partial charge in [-0.25, -0.2) is 4.99 Å². The maximum atomic E-state index is 12.0. The lowest BCUT2D eigenvalue weighted by Crippen LogP contribution is -2.31. The van der Waals surface area contributed by atoms with Gasteiger partial charge in [0.25, 0.3) is 5.91 Å². The molecule has 2 aliphatic rings. The number of hydrogen-bond donors (Lipinski definition) is 1. The number of carbonyl (C=O) groups is 1. The lowest BCUT2D eigenvalue weighted by Gasteiger charge is -2.24. The first-order valence-electron chi connectivity index (χ1n) is 7.86. The summed E-state index contributed by atoms with van der Waals surface area (Å²) in [6.45, 7) is 2.87. The first-order valence-corrected chi connectivity index (χ1v) is 8.68. The number of piperidine rings is 1. The van der Waals surface area contributed by atoms with E-state index >= 15 is 0 Å². The molecule has 2 fully saturated rings. The van der Waals surface area contributed by atoms with Crippen molar-refractivity contribution in [3.05, 3.63) is 34.7 Å². The number of nitrogens with zero attached hydrogens (tertiary/aromatic N) is 2. The average Bonchev–Trinajstić information content (AvgIpc) is 2.94. The van der Waals surface area contributed by atoms with Crippen molar-refractivity contribution in [3.8, 4) is 5.75 Å². The number of thioether (sulfide) groups is 1. The molecule has 0 atom stereocenters. The fourth-order valence-corrected chi connectivity index (χ4v) is 3.43. The van der Waals surface area contributed by atoms with Gasteiger partial charge in [0.05, 0.1) is 18.7 Å². The third-order valence-electron chi connectivity index (χ3n) is 3.93. The van der Waals surface area contributed by atoms with Gasteiger partial charge in [-0.1, -0.05) is 18.6 Å². The Hall–Kier alpha value is -1.79. The maximum Gasteiger partial charge on any atom is 0.264 e. The van der Waals surface area contributed by atoms with Crippen LogP contribution in [0.25, 0.3) is 6.08 Å². The Labute approximate surface area is 140 Å². The van der Waals surface area contributed by atoms with Gasteiger partial charge >= 0.3 is 0 Å². The molecule has 0 bridgehead atoms. The summed E-state index contributed by atoms with van der Waals surface area (Å²) in [5.74, 6) is 0.725. The first kappa shape index (κ1) is 16.1. The molecule has 23 heavy (non-hydrogen) atoms. The van der Waals surface area contributed by atoms with E-state index in [9.17, 15) is 4.79 Å². The Bertz CT molecular complexity index is 619. The molecular weight excluding hydrogens is 310 g/mol. The molecule has 0 aromatic heterocycles. The average molecular weight is 331 g/mol. The Kier molecular flexibility index (Phi) is 5.35. The van der Waals surface area contributed by atoms with Crippen molar-refractivity contribution in [2.75, 3.05) is 26.9 Å². The molecule has 2 saturated heterocycles. The van der Waals surface area contributed by atoms with Crippen molar-refractivity contribution < 1.29 is 9.53 Å². The molecule has 0 aliphatic carbocycles. The Morgan fingerprint density at radius 1 is 1.26 bits per heavy atom. The molecule has 1 N–H and O–H groups in total. The second-order valence-corrected chi connectivity index (χ2v) is 6.65. The zero-order valence-electron chi connectivity index (χ0n) is 13.2. The van der Waals surface area contributed by atoms with Crippen LogP contribution in [0.1, 0.15) is 24.8 Å². The van der Waals surface area contributed by atoms with Crippen molar-refractivity contribution in [2.24, 2.45) is 4.99 Å². The maximum absolute atomic E-state index is 12.0. The van der Waals surface area contributed by atoms with E-state index in [1.807, 2.05) is 30.3 Å². The van der Waals surface area contributed by atoms with Crippen LogP contribution < -0.4 is 10.1 Å². The molecule has 1 amide bonds. The summed E-state index contributed by atoms with van der Waals surface area (Å²) in [6, 6.07) is 7.63. The molecule has 5 nitrogen and oxygen atoms in total. The number of amidine groups is 1. The molecule has 2 aliphatic heterocycles. The van der Waals surface area contributed by atoms with Crippen LogP contribution in [0.15, 0.2) is 34.2 Å². The smallest absolute Gasteiger partial charge is 0.264 e. The molecule has 1 aromatic rings. The fraction of sp³-hybridized carbons (Fsp3) is 0.412. The minimum atomic E-state index is -0.0804. The summed E-state index contributed by atoms with van der Waals surface area (Å²) in [4.78, 5) is 19.6. The summed E-state index contributed by atoms with van der Waals surface area (Å²) in [6.07, 6.45) is 5.68. The highest BCUT2D eigenvalue weighted by molar-refractivity contribution is 8.18.